The number of aromatic nitrogens is 3. The summed E-state index contributed by atoms with van der Waals surface area (Å²) in [4.78, 5) is 25.9. The zero-order valence-electron chi connectivity index (χ0n) is 19.0. The quantitative estimate of drug-likeness (QED) is 0.495. The molecule has 10 nitrogen and oxygen atoms in total. The van der Waals surface area contributed by atoms with Gasteiger partial charge in [0.05, 0.1) is 29.4 Å². The lowest BCUT2D eigenvalue weighted by Gasteiger charge is -2.22. The molecule has 3 N–H and O–H groups in total. The van der Waals surface area contributed by atoms with E-state index in [0.29, 0.717) is 53.1 Å². The van der Waals surface area contributed by atoms with Gasteiger partial charge in [-0.25, -0.2) is 23.1 Å². The van der Waals surface area contributed by atoms with Gasteiger partial charge in [0, 0.05) is 43.5 Å². The lowest BCUT2D eigenvalue weighted by Crippen LogP contribution is -2.32. The largest absolute Gasteiger partial charge is 0.381 e. The van der Waals surface area contributed by atoms with Gasteiger partial charge < -0.3 is 15.4 Å². The maximum Gasteiger partial charge on any atom is 0.228 e. The predicted molar refractivity (Wildman–Crippen MR) is 130 cm³/mol. The Balaban J connectivity index is 1.40. The van der Waals surface area contributed by atoms with Crippen LogP contribution >= 0.6 is 11.6 Å². The third kappa shape index (κ3) is 6.84. The van der Waals surface area contributed by atoms with Crippen molar-refractivity contribution in [1.82, 2.24) is 19.7 Å². The summed E-state index contributed by atoms with van der Waals surface area (Å²) in [6, 6.07) is 1.44. The summed E-state index contributed by atoms with van der Waals surface area (Å²) in [7, 11) is -3.30. The van der Waals surface area contributed by atoms with Gasteiger partial charge in [0.2, 0.25) is 15.9 Å². The molecule has 1 amide bonds. The van der Waals surface area contributed by atoms with Crippen LogP contribution in [0.15, 0.2) is 24.7 Å². The zero-order valence-corrected chi connectivity index (χ0v) is 20.5. The first-order chi connectivity index (χ1) is 16.3. The molecule has 12 heteroatoms. The van der Waals surface area contributed by atoms with E-state index in [0.717, 1.165) is 38.9 Å². The van der Waals surface area contributed by atoms with E-state index in [4.69, 9.17) is 16.3 Å². The van der Waals surface area contributed by atoms with Crippen LogP contribution < -0.4 is 15.4 Å². The van der Waals surface area contributed by atoms with Crippen LogP contribution in [0.3, 0.4) is 0 Å². The van der Waals surface area contributed by atoms with Gasteiger partial charge >= 0.3 is 0 Å². The lowest BCUT2D eigenvalue weighted by atomic mass is 10.0. The molecule has 2 aromatic rings. The number of amides is 1. The second-order valence-corrected chi connectivity index (χ2v) is 11.0. The zero-order chi connectivity index (χ0) is 24.1. The van der Waals surface area contributed by atoms with Crippen LogP contribution in [0.25, 0.3) is 11.3 Å². The molecule has 1 aliphatic carbocycles. The predicted octanol–water partition coefficient (Wildman–Crippen LogP) is 2.69. The number of nitrogens with one attached hydrogen (secondary N) is 3. The lowest BCUT2D eigenvalue weighted by molar-refractivity contribution is -0.119. The number of rotatable bonds is 8. The van der Waals surface area contributed by atoms with E-state index in [9.17, 15) is 13.2 Å². The van der Waals surface area contributed by atoms with Crippen LogP contribution in [0, 0.1) is 11.8 Å². The van der Waals surface area contributed by atoms with Crippen LogP contribution in [0.5, 0.6) is 0 Å². The van der Waals surface area contributed by atoms with Gasteiger partial charge in [0.15, 0.2) is 0 Å². The average Bonchev–Trinajstić information content (AvgIpc) is 3.27. The first-order valence-corrected chi connectivity index (χ1v) is 13.6. The Morgan fingerprint density at radius 2 is 1.94 bits per heavy atom. The van der Waals surface area contributed by atoms with Gasteiger partial charge in [0.1, 0.15) is 11.6 Å². The van der Waals surface area contributed by atoms with Gasteiger partial charge in [-0.2, -0.15) is 0 Å². The molecule has 2 aliphatic rings. The first-order valence-electron chi connectivity index (χ1n) is 11.3. The van der Waals surface area contributed by atoms with Crippen molar-refractivity contribution >= 4 is 39.2 Å². The second kappa shape index (κ2) is 10.9. The number of anilines is 2. The van der Waals surface area contributed by atoms with Gasteiger partial charge in [-0.3, -0.25) is 9.78 Å². The molecule has 3 heterocycles. The van der Waals surface area contributed by atoms with Crippen molar-refractivity contribution in [3.63, 3.8) is 0 Å². The Hall–Kier alpha value is -2.34. The SMILES string of the molecule is CS(=O)(=O)N[C@H]1CC[C@@H](C(=O)Nc2cc(-c3cncc(NCC4CCOCC4)n3)c(Cl)cn2)C1. The molecule has 2 atom stereocenters. The van der Waals surface area contributed by atoms with E-state index in [2.05, 4.69) is 30.3 Å². The second-order valence-electron chi connectivity index (χ2n) is 8.86. The summed E-state index contributed by atoms with van der Waals surface area (Å²) in [5, 5.41) is 6.56. The van der Waals surface area contributed by atoms with Crippen molar-refractivity contribution in [2.45, 2.75) is 38.1 Å². The van der Waals surface area contributed by atoms with Gasteiger partial charge in [0.25, 0.3) is 0 Å². The molecule has 0 bridgehead atoms. The minimum Gasteiger partial charge on any atom is -0.381 e. The maximum atomic E-state index is 12.7. The van der Waals surface area contributed by atoms with E-state index < -0.39 is 10.0 Å². The summed E-state index contributed by atoms with van der Waals surface area (Å²) in [6.45, 7) is 2.37. The number of carbonyl (C=O) groups excluding carboxylic acids is 1. The monoisotopic (exact) mass is 508 g/mol. The van der Waals surface area contributed by atoms with E-state index in [1.165, 1.54) is 6.20 Å². The van der Waals surface area contributed by atoms with E-state index in [1.807, 2.05) is 0 Å². The Bertz CT molecular complexity index is 1130. The van der Waals surface area contributed by atoms with E-state index in [1.54, 1.807) is 18.5 Å². The highest BCUT2D eigenvalue weighted by molar-refractivity contribution is 7.88. The highest BCUT2D eigenvalue weighted by atomic mass is 35.5. The van der Waals surface area contributed by atoms with Crippen molar-refractivity contribution in [3.05, 3.63) is 29.7 Å². The molecule has 34 heavy (non-hydrogen) atoms. The molecular formula is C22H29ClN6O4S. The standard InChI is InChI=1S/C22H29ClN6O4S/c1-34(31,32)29-16-3-2-15(8-16)22(30)28-20-9-17(18(23)11-26-20)19-12-24-13-21(27-19)25-10-14-4-6-33-7-5-14/h9,11-16,29H,2-8,10H2,1H3,(H,25,27)(H,26,28,30)/t15-,16+/m1/s1. The Morgan fingerprint density at radius 3 is 2.71 bits per heavy atom. The van der Waals surface area contributed by atoms with Crippen molar-refractivity contribution in [2.24, 2.45) is 11.8 Å². The molecule has 184 valence electrons. The van der Waals surface area contributed by atoms with Crippen LogP contribution in [-0.4, -0.2) is 61.3 Å². The number of hydrogen-bond donors (Lipinski definition) is 3. The number of carbonyl (C=O) groups is 1. The molecule has 2 aromatic heterocycles. The number of pyridine rings is 1. The Kier molecular flexibility index (Phi) is 7.97. The van der Waals surface area contributed by atoms with E-state index in [-0.39, 0.29) is 17.9 Å². The van der Waals surface area contributed by atoms with Gasteiger partial charge in [-0.15, -0.1) is 0 Å². The minimum absolute atomic E-state index is 0.198. The molecule has 0 unspecified atom stereocenters. The molecule has 0 radical (unpaired) electrons. The molecule has 2 fully saturated rings. The smallest absolute Gasteiger partial charge is 0.228 e. The van der Waals surface area contributed by atoms with Crippen LogP contribution in [-0.2, 0) is 19.6 Å². The number of ether oxygens (including phenoxy) is 1. The molecular weight excluding hydrogens is 480 g/mol. The van der Waals surface area contributed by atoms with Crippen LogP contribution in [0.4, 0.5) is 11.6 Å². The van der Waals surface area contributed by atoms with Gasteiger partial charge in [-0.1, -0.05) is 11.6 Å². The van der Waals surface area contributed by atoms with Gasteiger partial charge in [-0.05, 0) is 44.1 Å². The topological polar surface area (TPSA) is 135 Å². The Labute approximate surface area is 204 Å². The molecule has 1 saturated heterocycles. The molecule has 0 aromatic carbocycles. The van der Waals surface area contributed by atoms with Crippen LogP contribution in [0.1, 0.15) is 32.1 Å². The number of nitrogens with zero attached hydrogens (tertiary/aromatic N) is 3. The summed E-state index contributed by atoms with van der Waals surface area (Å²) in [6.07, 6.45) is 9.59. The summed E-state index contributed by atoms with van der Waals surface area (Å²) < 4.78 is 30.9. The summed E-state index contributed by atoms with van der Waals surface area (Å²) in [5.41, 5.74) is 1.18. The van der Waals surface area contributed by atoms with Crippen molar-refractivity contribution in [2.75, 3.05) is 36.6 Å². The van der Waals surface area contributed by atoms with Crippen molar-refractivity contribution < 1.29 is 17.9 Å². The third-order valence-electron chi connectivity index (χ3n) is 6.11. The summed E-state index contributed by atoms with van der Waals surface area (Å²) >= 11 is 6.38. The minimum atomic E-state index is -3.30. The fourth-order valence-corrected chi connectivity index (χ4v) is 5.36. The average molecular weight is 509 g/mol. The third-order valence-corrected chi connectivity index (χ3v) is 7.18. The molecule has 1 saturated carbocycles. The molecule has 0 spiro atoms. The highest BCUT2D eigenvalue weighted by Gasteiger charge is 2.31. The fourth-order valence-electron chi connectivity index (χ4n) is 4.34. The van der Waals surface area contributed by atoms with Crippen molar-refractivity contribution in [1.29, 1.82) is 0 Å². The number of hydrogen-bond acceptors (Lipinski definition) is 8. The molecule has 1 aliphatic heterocycles. The van der Waals surface area contributed by atoms with Crippen LogP contribution in [0.2, 0.25) is 5.02 Å². The first kappa shape index (κ1) is 24.8. The fraction of sp³-hybridized carbons (Fsp3) is 0.545. The Morgan fingerprint density at radius 1 is 1.15 bits per heavy atom. The number of sulfonamides is 1. The molecule has 4 rings (SSSR count). The van der Waals surface area contributed by atoms with Crippen molar-refractivity contribution in [3.8, 4) is 11.3 Å². The highest BCUT2D eigenvalue weighted by Crippen LogP contribution is 2.30. The maximum absolute atomic E-state index is 12.7. The number of halogens is 1. The normalized spacial score (nSPS) is 21.4. The van der Waals surface area contributed by atoms with E-state index >= 15 is 0 Å². The summed E-state index contributed by atoms with van der Waals surface area (Å²) in [5.74, 6) is 1.05.